The monoisotopic (exact) mass is 183 g/mol. The number of carbonyl (C=O) groups excluding carboxylic acids is 1. The summed E-state index contributed by atoms with van der Waals surface area (Å²) in [5.41, 5.74) is 0. The van der Waals surface area contributed by atoms with Crippen molar-refractivity contribution in [2.24, 2.45) is 0 Å². The van der Waals surface area contributed by atoms with Crippen LogP contribution in [0.15, 0.2) is 12.7 Å². The predicted octanol–water partition coefficient (Wildman–Crippen LogP) is 1.03. The van der Waals surface area contributed by atoms with E-state index in [4.69, 9.17) is 14.7 Å². The zero-order chi connectivity index (χ0) is 10.1. The topological polar surface area (TPSA) is 59.3 Å². The van der Waals surface area contributed by atoms with E-state index in [-0.39, 0.29) is 19.1 Å². The molecule has 1 atom stereocenters. The summed E-state index contributed by atoms with van der Waals surface area (Å²) in [6, 6.07) is 1.70. The van der Waals surface area contributed by atoms with Gasteiger partial charge in [0, 0.05) is 0 Å². The number of esters is 1. The fraction of sp³-hybridized carbons (Fsp3) is 0.556. The number of hydrogen-bond donors (Lipinski definition) is 0. The Morgan fingerprint density at radius 2 is 2.46 bits per heavy atom. The van der Waals surface area contributed by atoms with E-state index in [2.05, 4.69) is 6.58 Å². The van der Waals surface area contributed by atoms with Gasteiger partial charge in [0.1, 0.15) is 13.0 Å². The molecule has 0 fully saturated rings. The van der Waals surface area contributed by atoms with E-state index >= 15 is 0 Å². The molecular formula is C9H13NO3. The maximum absolute atomic E-state index is 10.7. The zero-order valence-corrected chi connectivity index (χ0v) is 7.66. The molecule has 0 radical (unpaired) electrons. The zero-order valence-electron chi connectivity index (χ0n) is 7.66. The summed E-state index contributed by atoms with van der Waals surface area (Å²) >= 11 is 0. The molecule has 0 aliphatic heterocycles. The van der Waals surface area contributed by atoms with Crippen LogP contribution in [0.5, 0.6) is 0 Å². The highest BCUT2D eigenvalue weighted by molar-refractivity contribution is 5.71. The van der Waals surface area contributed by atoms with Crippen molar-refractivity contribution >= 4 is 5.97 Å². The fourth-order valence-electron chi connectivity index (χ4n) is 0.606. The lowest BCUT2D eigenvalue weighted by Gasteiger charge is -2.10. The predicted molar refractivity (Wildman–Crippen MR) is 46.8 cm³/mol. The summed E-state index contributed by atoms with van der Waals surface area (Å²) in [6.45, 7) is 5.86. The average molecular weight is 183 g/mol. The molecular weight excluding hydrogens is 170 g/mol. The van der Waals surface area contributed by atoms with E-state index in [1.54, 1.807) is 19.1 Å². The molecule has 0 bridgehead atoms. The molecule has 0 aliphatic rings. The molecule has 0 N–H and O–H groups in total. The maximum Gasteiger partial charge on any atom is 0.320 e. The first-order valence-electron chi connectivity index (χ1n) is 3.95. The van der Waals surface area contributed by atoms with Crippen LogP contribution in [-0.2, 0) is 14.3 Å². The second-order valence-electron chi connectivity index (χ2n) is 2.45. The smallest absolute Gasteiger partial charge is 0.320 e. The number of nitrogens with zero attached hydrogens (tertiary/aromatic N) is 1. The van der Waals surface area contributed by atoms with Crippen molar-refractivity contribution < 1.29 is 14.3 Å². The third-order valence-electron chi connectivity index (χ3n) is 1.20. The van der Waals surface area contributed by atoms with Gasteiger partial charge in [-0.1, -0.05) is 6.08 Å². The van der Waals surface area contributed by atoms with Gasteiger partial charge in [-0.05, 0) is 6.92 Å². The highest BCUT2D eigenvalue weighted by Crippen LogP contribution is 1.93. The van der Waals surface area contributed by atoms with Crippen molar-refractivity contribution in [2.45, 2.75) is 19.4 Å². The molecule has 0 spiro atoms. The Hall–Kier alpha value is -1.34. The summed E-state index contributed by atoms with van der Waals surface area (Å²) in [6.07, 6.45) is 1.24. The van der Waals surface area contributed by atoms with E-state index < -0.39 is 5.97 Å². The third kappa shape index (κ3) is 7.04. The highest BCUT2D eigenvalue weighted by atomic mass is 16.6. The minimum Gasteiger partial charge on any atom is -0.462 e. The van der Waals surface area contributed by atoms with Gasteiger partial charge in [0.2, 0.25) is 0 Å². The Morgan fingerprint density at radius 1 is 1.77 bits per heavy atom. The lowest BCUT2D eigenvalue weighted by atomic mass is 10.4. The van der Waals surface area contributed by atoms with Crippen molar-refractivity contribution in [3.8, 4) is 6.07 Å². The lowest BCUT2D eigenvalue weighted by Crippen LogP contribution is -2.18. The van der Waals surface area contributed by atoms with Gasteiger partial charge in [0.25, 0.3) is 0 Å². The normalized spacial score (nSPS) is 11.4. The Morgan fingerprint density at radius 3 is 3.00 bits per heavy atom. The first kappa shape index (κ1) is 11.7. The van der Waals surface area contributed by atoms with Gasteiger partial charge in [0.15, 0.2) is 0 Å². The van der Waals surface area contributed by atoms with Crippen LogP contribution in [0.3, 0.4) is 0 Å². The second-order valence-corrected chi connectivity index (χ2v) is 2.45. The first-order chi connectivity index (χ1) is 6.20. The minimum atomic E-state index is -0.517. The standard InChI is InChI=1S/C9H13NO3/c1-3-6-12-8(2)7-13-9(11)4-5-10/h3,8H,1,4,6-7H2,2H3. The first-order valence-corrected chi connectivity index (χ1v) is 3.95. The summed E-state index contributed by atoms with van der Waals surface area (Å²) in [7, 11) is 0. The van der Waals surface area contributed by atoms with Gasteiger partial charge >= 0.3 is 5.97 Å². The lowest BCUT2D eigenvalue weighted by molar-refractivity contribution is -0.146. The van der Waals surface area contributed by atoms with Crippen molar-refractivity contribution in [1.29, 1.82) is 5.26 Å². The van der Waals surface area contributed by atoms with Gasteiger partial charge in [-0.2, -0.15) is 5.26 Å². The van der Waals surface area contributed by atoms with Gasteiger partial charge in [0.05, 0.1) is 18.8 Å². The van der Waals surface area contributed by atoms with Crippen LogP contribution in [0.4, 0.5) is 0 Å². The SMILES string of the molecule is C=CCOC(C)COC(=O)CC#N. The van der Waals surface area contributed by atoms with E-state index in [0.29, 0.717) is 6.61 Å². The Bertz CT molecular complexity index is 207. The number of hydrogen-bond acceptors (Lipinski definition) is 4. The molecule has 4 nitrogen and oxygen atoms in total. The highest BCUT2D eigenvalue weighted by Gasteiger charge is 2.05. The van der Waals surface area contributed by atoms with Crippen LogP contribution in [0.2, 0.25) is 0 Å². The van der Waals surface area contributed by atoms with Crippen LogP contribution in [0.1, 0.15) is 13.3 Å². The molecule has 0 saturated carbocycles. The average Bonchev–Trinajstić information content (AvgIpc) is 2.12. The number of nitriles is 1. The summed E-state index contributed by atoms with van der Waals surface area (Å²) in [5, 5.41) is 8.15. The van der Waals surface area contributed by atoms with Crippen molar-refractivity contribution in [2.75, 3.05) is 13.2 Å². The molecule has 0 amide bonds. The van der Waals surface area contributed by atoms with Gasteiger partial charge in [-0.3, -0.25) is 4.79 Å². The minimum absolute atomic E-state index is 0.166. The summed E-state index contributed by atoms with van der Waals surface area (Å²) in [4.78, 5) is 10.7. The summed E-state index contributed by atoms with van der Waals surface area (Å²) < 4.78 is 9.86. The molecule has 0 aromatic carbocycles. The largest absolute Gasteiger partial charge is 0.462 e. The van der Waals surface area contributed by atoms with Crippen molar-refractivity contribution in [3.05, 3.63) is 12.7 Å². The second kappa shape index (κ2) is 7.32. The third-order valence-corrected chi connectivity index (χ3v) is 1.20. The van der Waals surface area contributed by atoms with E-state index in [9.17, 15) is 4.79 Å². The van der Waals surface area contributed by atoms with E-state index in [1.165, 1.54) is 0 Å². The molecule has 0 rings (SSSR count). The molecule has 0 saturated heterocycles. The van der Waals surface area contributed by atoms with Crippen molar-refractivity contribution in [3.63, 3.8) is 0 Å². The molecule has 0 aromatic rings. The molecule has 0 aromatic heterocycles. The number of ether oxygens (including phenoxy) is 2. The van der Waals surface area contributed by atoms with Gasteiger partial charge < -0.3 is 9.47 Å². The Kier molecular flexibility index (Phi) is 6.56. The summed E-state index contributed by atoms with van der Waals surface area (Å²) in [5.74, 6) is -0.517. The van der Waals surface area contributed by atoms with Crippen molar-refractivity contribution in [1.82, 2.24) is 0 Å². The van der Waals surface area contributed by atoms with Gasteiger partial charge in [-0.25, -0.2) is 0 Å². The quantitative estimate of drug-likeness (QED) is 0.456. The Balaban J connectivity index is 3.46. The van der Waals surface area contributed by atoms with Crippen LogP contribution < -0.4 is 0 Å². The molecule has 4 heteroatoms. The van der Waals surface area contributed by atoms with Crippen LogP contribution >= 0.6 is 0 Å². The van der Waals surface area contributed by atoms with E-state index in [0.717, 1.165) is 0 Å². The number of rotatable bonds is 6. The molecule has 0 aliphatic carbocycles. The van der Waals surface area contributed by atoms with E-state index in [1.807, 2.05) is 0 Å². The number of carbonyl (C=O) groups is 1. The van der Waals surface area contributed by atoms with Crippen LogP contribution in [-0.4, -0.2) is 25.3 Å². The molecule has 1 unspecified atom stereocenters. The Labute approximate surface area is 77.8 Å². The van der Waals surface area contributed by atoms with Gasteiger partial charge in [-0.15, -0.1) is 6.58 Å². The van der Waals surface area contributed by atoms with Crippen LogP contribution in [0.25, 0.3) is 0 Å². The molecule has 0 heterocycles. The van der Waals surface area contributed by atoms with Crippen LogP contribution in [0, 0.1) is 11.3 Å². The molecule has 72 valence electrons. The fourth-order valence-corrected chi connectivity index (χ4v) is 0.606. The maximum atomic E-state index is 10.7. The molecule has 13 heavy (non-hydrogen) atoms.